The topological polar surface area (TPSA) is 75.6 Å². The number of amides is 1. The largest absolute Gasteiger partial charge is 0.481 e. The Morgan fingerprint density at radius 1 is 1.08 bits per heavy atom. The van der Waals surface area contributed by atoms with Crippen molar-refractivity contribution in [3.8, 4) is 0 Å². The van der Waals surface area contributed by atoms with E-state index in [1.54, 1.807) is 0 Å². The minimum Gasteiger partial charge on any atom is -0.481 e. The van der Waals surface area contributed by atoms with Gasteiger partial charge in [-0.2, -0.15) is 0 Å². The van der Waals surface area contributed by atoms with Crippen molar-refractivity contribution in [2.75, 3.05) is 6.54 Å². The van der Waals surface area contributed by atoms with Crippen LogP contribution in [0.2, 0.25) is 0 Å². The number of carbonyl (C=O) groups excluding carboxylic acids is 1. The van der Waals surface area contributed by atoms with E-state index in [0.29, 0.717) is 5.56 Å². The fourth-order valence-electron chi connectivity index (χ4n) is 2.23. The number of ether oxygens (including phenoxy) is 1. The Morgan fingerprint density at radius 3 is 2.38 bits per heavy atom. The summed E-state index contributed by atoms with van der Waals surface area (Å²) in [4.78, 5) is 22.7. The van der Waals surface area contributed by atoms with Crippen LogP contribution in [-0.2, 0) is 16.1 Å². The molecule has 5 nitrogen and oxygen atoms in total. The van der Waals surface area contributed by atoms with E-state index in [-0.39, 0.29) is 19.6 Å². The highest BCUT2D eigenvalue weighted by molar-refractivity contribution is 5.69. The Bertz CT molecular complexity index is 673. The van der Waals surface area contributed by atoms with Crippen molar-refractivity contribution in [2.24, 2.45) is 0 Å². The highest BCUT2D eigenvalue weighted by Gasteiger charge is 2.17. The number of rotatable bonds is 7. The summed E-state index contributed by atoms with van der Waals surface area (Å²) in [5, 5.41) is 11.6. The van der Waals surface area contributed by atoms with Crippen LogP contribution in [-0.4, -0.2) is 23.7 Å². The molecule has 0 aliphatic rings. The molecule has 2 aromatic rings. The van der Waals surface area contributed by atoms with Crippen LogP contribution < -0.4 is 5.32 Å². The van der Waals surface area contributed by atoms with Crippen molar-refractivity contribution in [3.05, 3.63) is 71.5 Å². The molecule has 0 bridgehead atoms. The van der Waals surface area contributed by atoms with E-state index >= 15 is 0 Å². The molecule has 1 unspecified atom stereocenters. The van der Waals surface area contributed by atoms with Gasteiger partial charge in [0.1, 0.15) is 12.4 Å². The highest BCUT2D eigenvalue weighted by Crippen LogP contribution is 2.19. The summed E-state index contributed by atoms with van der Waals surface area (Å²) in [6, 6.07) is 14.8. The molecular formula is C18H18FNO4. The number of alkyl carbamates (subject to hydrolysis) is 1. The van der Waals surface area contributed by atoms with Gasteiger partial charge in [0.2, 0.25) is 0 Å². The van der Waals surface area contributed by atoms with Gasteiger partial charge < -0.3 is 15.2 Å². The Morgan fingerprint density at radius 2 is 1.75 bits per heavy atom. The predicted octanol–water partition coefficient (Wildman–Crippen LogP) is 3.31. The van der Waals surface area contributed by atoms with Crippen molar-refractivity contribution < 1.29 is 23.8 Å². The molecule has 2 rings (SSSR count). The average Bonchev–Trinajstić information content (AvgIpc) is 2.58. The van der Waals surface area contributed by atoms with Crippen LogP contribution in [0.4, 0.5) is 9.18 Å². The molecule has 24 heavy (non-hydrogen) atoms. The molecule has 0 spiro atoms. The average molecular weight is 331 g/mol. The summed E-state index contributed by atoms with van der Waals surface area (Å²) < 4.78 is 18.1. The van der Waals surface area contributed by atoms with Gasteiger partial charge in [0, 0.05) is 12.5 Å². The predicted molar refractivity (Wildman–Crippen MR) is 86.0 cm³/mol. The summed E-state index contributed by atoms with van der Waals surface area (Å²) in [7, 11) is 0. The molecular weight excluding hydrogens is 313 g/mol. The molecule has 0 saturated heterocycles. The van der Waals surface area contributed by atoms with Gasteiger partial charge in [0.25, 0.3) is 0 Å². The number of benzene rings is 2. The van der Waals surface area contributed by atoms with Gasteiger partial charge in [0.15, 0.2) is 0 Å². The van der Waals surface area contributed by atoms with Gasteiger partial charge in [0.05, 0.1) is 6.42 Å². The quantitative estimate of drug-likeness (QED) is 0.816. The van der Waals surface area contributed by atoms with Crippen molar-refractivity contribution in [1.29, 1.82) is 0 Å². The molecule has 2 N–H and O–H groups in total. The third-order valence-electron chi connectivity index (χ3n) is 3.47. The summed E-state index contributed by atoms with van der Waals surface area (Å²) in [6.45, 7) is 0.221. The third kappa shape index (κ3) is 5.72. The number of carbonyl (C=O) groups is 2. The minimum atomic E-state index is -0.997. The zero-order valence-electron chi connectivity index (χ0n) is 12.9. The van der Waals surface area contributed by atoms with Gasteiger partial charge in [-0.1, -0.05) is 42.5 Å². The van der Waals surface area contributed by atoms with E-state index in [9.17, 15) is 14.0 Å². The second-order valence-electron chi connectivity index (χ2n) is 5.29. The van der Waals surface area contributed by atoms with Crippen molar-refractivity contribution in [3.63, 3.8) is 0 Å². The maximum atomic E-state index is 13.0. The van der Waals surface area contributed by atoms with Crippen molar-refractivity contribution in [1.82, 2.24) is 5.32 Å². The van der Waals surface area contributed by atoms with E-state index in [4.69, 9.17) is 9.84 Å². The van der Waals surface area contributed by atoms with E-state index in [1.807, 2.05) is 30.3 Å². The summed E-state index contributed by atoms with van der Waals surface area (Å²) in [5.74, 6) is -1.86. The number of aliphatic carboxylic acids is 1. The van der Waals surface area contributed by atoms with Crippen LogP contribution >= 0.6 is 0 Å². The van der Waals surface area contributed by atoms with Crippen LogP contribution in [0, 0.1) is 5.82 Å². The number of hydrogen-bond donors (Lipinski definition) is 2. The lowest BCUT2D eigenvalue weighted by molar-refractivity contribution is -0.137. The lowest BCUT2D eigenvalue weighted by Crippen LogP contribution is -2.30. The first kappa shape index (κ1) is 17.5. The highest BCUT2D eigenvalue weighted by atomic mass is 19.1. The van der Waals surface area contributed by atoms with Gasteiger partial charge in [-0.3, -0.25) is 4.79 Å². The number of halogens is 1. The molecule has 6 heteroatoms. The molecule has 0 aliphatic heterocycles. The van der Waals surface area contributed by atoms with Gasteiger partial charge in [-0.05, 0) is 23.3 Å². The van der Waals surface area contributed by atoms with Crippen molar-refractivity contribution >= 4 is 12.1 Å². The second kappa shape index (κ2) is 8.67. The minimum absolute atomic E-state index is 0.0888. The smallest absolute Gasteiger partial charge is 0.407 e. The van der Waals surface area contributed by atoms with Crippen LogP contribution in [0.3, 0.4) is 0 Å². The van der Waals surface area contributed by atoms with E-state index in [2.05, 4.69) is 5.32 Å². The first-order chi connectivity index (χ1) is 11.5. The molecule has 126 valence electrons. The monoisotopic (exact) mass is 331 g/mol. The zero-order valence-corrected chi connectivity index (χ0v) is 12.9. The fraction of sp³-hybridized carbons (Fsp3) is 0.222. The number of carboxylic acids is 1. The molecule has 0 aliphatic carbocycles. The molecule has 0 radical (unpaired) electrons. The van der Waals surface area contributed by atoms with Crippen LogP contribution in [0.1, 0.15) is 23.5 Å². The second-order valence-corrected chi connectivity index (χ2v) is 5.29. The van der Waals surface area contributed by atoms with Gasteiger partial charge in [-0.25, -0.2) is 9.18 Å². The van der Waals surface area contributed by atoms with Crippen LogP contribution in [0.5, 0.6) is 0 Å². The maximum Gasteiger partial charge on any atom is 0.407 e. The molecule has 0 fully saturated rings. The normalized spacial score (nSPS) is 11.5. The number of carboxylic acid groups (broad SMARTS) is 1. The molecule has 1 amide bonds. The summed E-state index contributed by atoms with van der Waals surface area (Å²) >= 11 is 0. The van der Waals surface area contributed by atoms with E-state index in [0.717, 1.165) is 5.56 Å². The zero-order chi connectivity index (χ0) is 17.4. The Kier molecular flexibility index (Phi) is 6.31. The molecule has 1 atom stereocenters. The number of hydrogen-bond acceptors (Lipinski definition) is 3. The van der Waals surface area contributed by atoms with Gasteiger partial charge in [-0.15, -0.1) is 0 Å². The first-order valence-corrected chi connectivity index (χ1v) is 7.46. The molecule has 0 heterocycles. The van der Waals surface area contributed by atoms with Gasteiger partial charge >= 0.3 is 12.1 Å². The van der Waals surface area contributed by atoms with E-state index < -0.39 is 23.8 Å². The Labute approximate surface area is 139 Å². The summed E-state index contributed by atoms with van der Waals surface area (Å²) in [5.41, 5.74) is 1.50. The fourth-order valence-corrected chi connectivity index (χ4v) is 2.23. The SMILES string of the molecule is O=C(O)CC(CNC(=O)OCc1ccccc1)c1ccc(F)cc1. The lowest BCUT2D eigenvalue weighted by atomic mass is 9.96. The first-order valence-electron chi connectivity index (χ1n) is 7.46. The lowest BCUT2D eigenvalue weighted by Gasteiger charge is -2.16. The Balaban J connectivity index is 1.88. The number of nitrogens with one attached hydrogen (secondary N) is 1. The molecule has 0 aromatic heterocycles. The Hall–Kier alpha value is -2.89. The maximum absolute atomic E-state index is 13.0. The standard InChI is InChI=1S/C18H18FNO4/c19-16-8-6-14(7-9-16)15(10-17(21)22)11-20-18(23)24-12-13-4-2-1-3-5-13/h1-9,15H,10-12H2,(H,20,23)(H,21,22). The van der Waals surface area contributed by atoms with Crippen LogP contribution in [0.15, 0.2) is 54.6 Å². The van der Waals surface area contributed by atoms with E-state index in [1.165, 1.54) is 24.3 Å². The summed E-state index contributed by atoms with van der Waals surface area (Å²) in [6.07, 6.45) is -0.804. The van der Waals surface area contributed by atoms with Crippen LogP contribution in [0.25, 0.3) is 0 Å². The third-order valence-corrected chi connectivity index (χ3v) is 3.47. The van der Waals surface area contributed by atoms with Crippen molar-refractivity contribution in [2.45, 2.75) is 18.9 Å². The molecule has 2 aromatic carbocycles. The molecule has 0 saturated carbocycles.